The van der Waals surface area contributed by atoms with Crippen LogP contribution in [-0.2, 0) is 4.79 Å². The summed E-state index contributed by atoms with van der Waals surface area (Å²) in [7, 11) is 3.03. The van der Waals surface area contributed by atoms with Crippen molar-refractivity contribution in [1.29, 1.82) is 0 Å². The third kappa shape index (κ3) is 3.45. The highest BCUT2D eigenvalue weighted by molar-refractivity contribution is 7.80. The Morgan fingerprint density at radius 1 is 1.08 bits per heavy atom. The summed E-state index contributed by atoms with van der Waals surface area (Å²) in [4.78, 5) is 12.0. The van der Waals surface area contributed by atoms with Gasteiger partial charge < -0.3 is 4.74 Å². The molecule has 2 aromatic carbocycles. The number of aryl methyl sites for hydroxylation is 1. The van der Waals surface area contributed by atoms with Crippen molar-refractivity contribution >= 4 is 38.9 Å². The van der Waals surface area contributed by atoms with Crippen LogP contribution in [0.2, 0.25) is 0 Å². The minimum atomic E-state index is -0.361. The Balaban J connectivity index is 2.05. The van der Waals surface area contributed by atoms with Crippen LogP contribution < -0.4 is 4.74 Å². The van der Waals surface area contributed by atoms with Gasteiger partial charge in [0.25, 0.3) is 0 Å². The molecule has 24 heavy (non-hydrogen) atoms. The van der Waals surface area contributed by atoms with Gasteiger partial charge in [0, 0.05) is 12.5 Å². The van der Waals surface area contributed by atoms with Crippen molar-refractivity contribution in [3.05, 3.63) is 57.7 Å². The van der Waals surface area contributed by atoms with E-state index in [2.05, 4.69) is 0 Å². The molecule has 0 unspecified atom stereocenters. The Morgan fingerprint density at radius 3 is 2.38 bits per heavy atom. The number of benzene rings is 2. The average Bonchev–Trinajstić information content (AvgIpc) is 2.92. The number of halogens is 1. The lowest BCUT2D eigenvalue weighted by molar-refractivity contribution is -0.131. The Kier molecular flexibility index (Phi) is 4.89. The second-order valence-electron chi connectivity index (χ2n) is 5.24. The molecule has 1 aromatic heterocycles. The van der Waals surface area contributed by atoms with E-state index < -0.39 is 0 Å². The molecular formula is C18H13FO2S3. The summed E-state index contributed by atoms with van der Waals surface area (Å²) in [6.07, 6.45) is 0. The maximum Gasteiger partial charge on any atom is 0.308 e. The molecule has 0 atom stereocenters. The second kappa shape index (κ2) is 6.93. The number of ether oxygens (including phenoxy) is 1. The molecule has 0 saturated heterocycles. The van der Waals surface area contributed by atoms with Crippen LogP contribution in [0.5, 0.6) is 5.75 Å². The molecule has 0 radical (unpaired) electrons. The molecule has 0 amide bonds. The largest absolute Gasteiger partial charge is 0.427 e. The molecule has 0 aliphatic rings. The lowest BCUT2D eigenvalue weighted by atomic mass is 10.0. The fourth-order valence-electron chi connectivity index (χ4n) is 2.29. The quantitative estimate of drug-likeness (QED) is 0.234. The molecular weight excluding hydrogens is 363 g/mol. The summed E-state index contributed by atoms with van der Waals surface area (Å²) >= 11 is 5.47. The van der Waals surface area contributed by atoms with Gasteiger partial charge in [-0.1, -0.05) is 57.2 Å². The van der Waals surface area contributed by atoms with Crippen LogP contribution in [0.4, 0.5) is 4.39 Å². The van der Waals surface area contributed by atoms with E-state index in [9.17, 15) is 9.18 Å². The Labute approximate surface area is 151 Å². The van der Waals surface area contributed by atoms with Gasteiger partial charge in [-0.15, -0.1) is 0 Å². The van der Waals surface area contributed by atoms with Gasteiger partial charge in [0.1, 0.15) is 15.4 Å². The van der Waals surface area contributed by atoms with Crippen molar-refractivity contribution in [3.63, 3.8) is 0 Å². The topological polar surface area (TPSA) is 26.3 Å². The zero-order valence-corrected chi connectivity index (χ0v) is 15.4. The Bertz CT molecular complexity index is 955. The third-order valence-electron chi connectivity index (χ3n) is 3.47. The molecule has 0 N–H and O–H groups in total. The number of esters is 1. The maximum absolute atomic E-state index is 13.9. The molecule has 0 aliphatic heterocycles. The lowest BCUT2D eigenvalue weighted by Gasteiger charge is -2.07. The molecule has 122 valence electrons. The molecule has 1 heterocycles. The minimum Gasteiger partial charge on any atom is -0.427 e. The molecule has 2 nitrogen and oxygen atoms in total. The standard InChI is InChI=1S/C18H13FO2S3/c1-10-3-4-13(9-15(10)19)17-16(18(22)24-23-17)12-5-7-14(8-6-12)21-11(2)20/h3-9H,1-2H3. The van der Waals surface area contributed by atoms with Gasteiger partial charge in [0.15, 0.2) is 0 Å². The Morgan fingerprint density at radius 2 is 1.75 bits per heavy atom. The van der Waals surface area contributed by atoms with Crippen LogP contribution in [0, 0.1) is 16.6 Å². The van der Waals surface area contributed by atoms with Crippen LogP contribution in [0.3, 0.4) is 0 Å². The van der Waals surface area contributed by atoms with E-state index in [1.165, 1.54) is 27.6 Å². The van der Waals surface area contributed by atoms with Gasteiger partial charge in [-0.3, -0.25) is 4.79 Å². The molecule has 0 fully saturated rings. The fourth-order valence-corrected chi connectivity index (χ4v) is 5.20. The van der Waals surface area contributed by atoms with Crippen molar-refractivity contribution in [2.24, 2.45) is 0 Å². The van der Waals surface area contributed by atoms with E-state index in [-0.39, 0.29) is 11.8 Å². The molecule has 0 bridgehead atoms. The van der Waals surface area contributed by atoms with E-state index in [0.717, 1.165) is 25.4 Å². The van der Waals surface area contributed by atoms with Crippen LogP contribution in [-0.4, -0.2) is 5.97 Å². The number of hydrogen-bond acceptors (Lipinski definition) is 5. The molecule has 3 aromatic rings. The predicted molar refractivity (Wildman–Crippen MR) is 99.9 cm³/mol. The normalized spacial score (nSPS) is 10.6. The van der Waals surface area contributed by atoms with E-state index >= 15 is 0 Å². The summed E-state index contributed by atoms with van der Waals surface area (Å²) < 4.78 is 19.7. The second-order valence-corrected chi connectivity index (χ2v) is 8.06. The average molecular weight is 376 g/mol. The van der Waals surface area contributed by atoms with Gasteiger partial charge >= 0.3 is 5.97 Å². The molecule has 0 saturated carbocycles. The molecule has 0 spiro atoms. The first-order valence-electron chi connectivity index (χ1n) is 7.14. The van der Waals surface area contributed by atoms with Gasteiger partial charge in [-0.2, -0.15) is 0 Å². The highest BCUT2D eigenvalue weighted by Gasteiger charge is 2.14. The predicted octanol–water partition coefficient (Wildman–Crippen LogP) is 6.25. The molecule has 6 heteroatoms. The van der Waals surface area contributed by atoms with Crippen molar-refractivity contribution in [2.45, 2.75) is 13.8 Å². The van der Waals surface area contributed by atoms with Crippen molar-refractivity contribution in [1.82, 2.24) is 0 Å². The number of carbonyl (C=O) groups is 1. The summed E-state index contributed by atoms with van der Waals surface area (Å²) in [6.45, 7) is 3.10. The zero-order valence-electron chi connectivity index (χ0n) is 13.0. The van der Waals surface area contributed by atoms with E-state index in [1.807, 2.05) is 18.2 Å². The first-order valence-corrected chi connectivity index (χ1v) is 9.70. The zero-order chi connectivity index (χ0) is 17.3. The fraction of sp³-hybridized carbons (Fsp3) is 0.111. The lowest BCUT2D eigenvalue weighted by Crippen LogP contribution is -2.00. The van der Waals surface area contributed by atoms with Gasteiger partial charge in [-0.05, 0) is 41.8 Å². The van der Waals surface area contributed by atoms with Gasteiger partial charge in [-0.25, -0.2) is 4.39 Å². The van der Waals surface area contributed by atoms with Crippen LogP contribution in [0.25, 0.3) is 21.6 Å². The van der Waals surface area contributed by atoms with Crippen molar-refractivity contribution < 1.29 is 13.9 Å². The van der Waals surface area contributed by atoms with Gasteiger partial charge in [0.2, 0.25) is 0 Å². The summed E-state index contributed by atoms with van der Waals surface area (Å²) in [5, 5.41) is 0. The summed E-state index contributed by atoms with van der Waals surface area (Å²) in [6, 6.07) is 12.4. The SMILES string of the molecule is CC(=O)Oc1ccc(-c2c(-c3ccc(C)c(F)c3)ssc2=S)cc1. The number of hydrogen-bond donors (Lipinski definition) is 0. The smallest absolute Gasteiger partial charge is 0.308 e. The van der Waals surface area contributed by atoms with E-state index in [0.29, 0.717) is 11.3 Å². The van der Waals surface area contributed by atoms with Crippen molar-refractivity contribution in [2.75, 3.05) is 0 Å². The maximum atomic E-state index is 13.9. The Hall–Kier alpha value is -1.89. The highest BCUT2D eigenvalue weighted by atomic mass is 32.9. The third-order valence-corrected chi connectivity index (χ3v) is 6.54. The highest BCUT2D eigenvalue weighted by Crippen LogP contribution is 2.41. The van der Waals surface area contributed by atoms with E-state index in [1.54, 1.807) is 31.2 Å². The van der Waals surface area contributed by atoms with Gasteiger partial charge in [0.05, 0.1) is 4.88 Å². The summed E-state index contributed by atoms with van der Waals surface area (Å²) in [5.74, 6) is -0.104. The van der Waals surface area contributed by atoms with Crippen molar-refractivity contribution in [3.8, 4) is 27.3 Å². The van der Waals surface area contributed by atoms with E-state index in [4.69, 9.17) is 17.0 Å². The minimum absolute atomic E-state index is 0.229. The van der Waals surface area contributed by atoms with Crippen LogP contribution >= 0.6 is 32.9 Å². The first-order chi connectivity index (χ1) is 11.5. The molecule has 0 aliphatic carbocycles. The monoisotopic (exact) mass is 376 g/mol. The number of carbonyl (C=O) groups excluding carboxylic acids is 1. The van der Waals surface area contributed by atoms with Crippen LogP contribution in [0.1, 0.15) is 12.5 Å². The summed E-state index contributed by atoms with van der Waals surface area (Å²) in [5.41, 5.74) is 3.27. The van der Waals surface area contributed by atoms with Crippen LogP contribution in [0.15, 0.2) is 42.5 Å². The number of rotatable bonds is 3. The molecule has 3 rings (SSSR count). The first kappa shape index (κ1) is 17.0.